The topological polar surface area (TPSA) is 58.6 Å². The van der Waals surface area contributed by atoms with Crippen LogP contribution in [-0.4, -0.2) is 23.3 Å². The van der Waals surface area contributed by atoms with Crippen LogP contribution in [-0.2, 0) is 11.3 Å². The van der Waals surface area contributed by atoms with Gasteiger partial charge in [0.2, 0.25) is 0 Å². The predicted octanol–water partition coefficient (Wildman–Crippen LogP) is 3.26. The maximum absolute atomic E-state index is 11.8. The van der Waals surface area contributed by atoms with Crippen molar-refractivity contribution in [1.29, 1.82) is 0 Å². The molecule has 1 amide bonds. The molecule has 0 aliphatic heterocycles. The number of aliphatic hydroxyl groups is 1. The molecule has 0 spiro atoms. The van der Waals surface area contributed by atoms with Crippen LogP contribution >= 0.6 is 0 Å². The van der Waals surface area contributed by atoms with Gasteiger partial charge < -0.3 is 15.2 Å². The summed E-state index contributed by atoms with van der Waals surface area (Å²) in [5.74, 6) is 0.365. The summed E-state index contributed by atoms with van der Waals surface area (Å²) in [7, 11) is 0. The molecule has 0 saturated heterocycles. The first kappa shape index (κ1) is 17.2. The van der Waals surface area contributed by atoms with Crippen LogP contribution in [0.3, 0.4) is 0 Å². The van der Waals surface area contributed by atoms with Gasteiger partial charge in [-0.15, -0.1) is 6.58 Å². The van der Waals surface area contributed by atoms with Gasteiger partial charge in [-0.1, -0.05) is 50.3 Å². The highest BCUT2D eigenvalue weighted by Gasteiger charge is 2.22. The molecule has 1 aromatic carbocycles. The molecule has 0 radical (unpaired) electrons. The van der Waals surface area contributed by atoms with E-state index >= 15 is 0 Å². The SMILES string of the molecule is C=CC[C@H](O)[C@H](CC(C)C)NC(=O)OCc1ccccc1. The Morgan fingerprint density at radius 3 is 2.62 bits per heavy atom. The Morgan fingerprint density at radius 2 is 2.05 bits per heavy atom. The van der Waals surface area contributed by atoms with E-state index in [-0.39, 0.29) is 12.6 Å². The molecule has 0 aromatic heterocycles. The second-order valence-corrected chi connectivity index (χ2v) is 5.53. The second-order valence-electron chi connectivity index (χ2n) is 5.53. The highest BCUT2D eigenvalue weighted by molar-refractivity contribution is 5.67. The van der Waals surface area contributed by atoms with Crippen LogP contribution in [0.15, 0.2) is 43.0 Å². The standard InChI is InChI=1S/C17H25NO3/c1-4-8-16(19)15(11-13(2)3)18-17(20)21-12-14-9-6-5-7-10-14/h4-7,9-10,13,15-16,19H,1,8,11-12H2,2-3H3,(H,18,20)/t15-,16-/m0/s1. The molecule has 0 aliphatic carbocycles. The number of hydrogen-bond donors (Lipinski definition) is 2. The van der Waals surface area contributed by atoms with Gasteiger partial charge in [0.05, 0.1) is 12.1 Å². The van der Waals surface area contributed by atoms with Crippen molar-refractivity contribution in [2.24, 2.45) is 5.92 Å². The lowest BCUT2D eigenvalue weighted by molar-refractivity contribution is 0.0958. The summed E-state index contributed by atoms with van der Waals surface area (Å²) in [4.78, 5) is 11.8. The molecule has 0 bridgehead atoms. The van der Waals surface area contributed by atoms with Crippen molar-refractivity contribution >= 4 is 6.09 Å². The van der Waals surface area contributed by atoms with Gasteiger partial charge >= 0.3 is 6.09 Å². The summed E-state index contributed by atoms with van der Waals surface area (Å²) in [6.07, 6.45) is 1.63. The first-order valence-electron chi connectivity index (χ1n) is 7.29. The fraction of sp³-hybridized carbons (Fsp3) is 0.471. The number of alkyl carbamates (subject to hydrolysis) is 1. The number of amides is 1. The zero-order chi connectivity index (χ0) is 15.7. The van der Waals surface area contributed by atoms with Gasteiger partial charge in [0.25, 0.3) is 0 Å². The molecule has 0 aliphatic rings. The first-order chi connectivity index (χ1) is 10.0. The Labute approximate surface area is 126 Å². The summed E-state index contributed by atoms with van der Waals surface area (Å²) >= 11 is 0. The molecule has 4 heteroatoms. The molecule has 0 saturated carbocycles. The summed E-state index contributed by atoms with van der Waals surface area (Å²) in [6.45, 7) is 7.93. The lowest BCUT2D eigenvalue weighted by atomic mass is 9.97. The number of carbonyl (C=O) groups excluding carboxylic acids is 1. The van der Waals surface area contributed by atoms with E-state index in [0.29, 0.717) is 18.8 Å². The minimum absolute atomic E-state index is 0.221. The van der Waals surface area contributed by atoms with Crippen LogP contribution in [0.1, 0.15) is 32.3 Å². The van der Waals surface area contributed by atoms with E-state index in [1.807, 2.05) is 44.2 Å². The fourth-order valence-corrected chi connectivity index (χ4v) is 2.07. The maximum Gasteiger partial charge on any atom is 0.407 e. The molecule has 1 rings (SSSR count). The quantitative estimate of drug-likeness (QED) is 0.723. The number of carbonyl (C=O) groups is 1. The Morgan fingerprint density at radius 1 is 1.38 bits per heavy atom. The van der Waals surface area contributed by atoms with Crippen molar-refractivity contribution in [3.63, 3.8) is 0 Å². The van der Waals surface area contributed by atoms with Gasteiger partial charge in [0.1, 0.15) is 6.61 Å². The molecule has 21 heavy (non-hydrogen) atoms. The highest BCUT2D eigenvalue weighted by atomic mass is 16.5. The van der Waals surface area contributed by atoms with Crippen LogP contribution in [0.2, 0.25) is 0 Å². The minimum atomic E-state index is -0.644. The average molecular weight is 291 g/mol. The lowest BCUT2D eigenvalue weighted by Gasteiger charge is -2.24. The van der Waals surface area contributed by atoms with Gasteiger partial charge in [-0.25, -0.2) is 4.79 Å². The van der Waals surface area contributed by atoms with Gasteiger partial charge in [-0.3, -0.25) is 0 Å². The van der Waals surface area contributed by atoms with Crippen molar-refractivity contribution < 1.29 is 14.6 Å². The van der Waals surface area contributed by atoms with E-state index in [4.69, 9.17) is 4.74 Å². The number of nitrogens with one attached hydrogen (secondary N) is 1. The van der Waals surface area contributed by atoms with Gasteiger partial charge in [0.15, 0.2) is 0 Å². The zero-order valence-corrected chi connectivity index (χ0v) is 12.8. The monoisotopic (exact) mass is 291 g/mol. The Bertz CT molecular complexity index is 431. The highest BCUT2D eigenvalue weighted by Crippen LogP contribution is 2.12. The van der Waals surface area contributed by atoms with Crippen molar-refractivity contribution in [2.45, 2.75) is 45.4 Å². The number of aliphatic hydroxyl groups excluding tert-OH is 1. The van der Waals surface area contributed by atoms with Gasteiger partial charge in [0, 0.05) is 0 Å². The largest absolute Gasteiger partial charge is 0.445 e. The first-order valence-corrected chi connectivity index (χ1v) is 7.29. The summed E-state index contributed by atoms with van der Waals surface area (Å²) in [6, 6.07) is 9.16. The molecule has 1 aromatic rings. The Balaban J connectivity index is 2.49. The van der Waals surface area contributed by atoms with Gasteiger partial charge in [-0.2, -0.15) is 0 Å². The number of hydrogen-bond acceptors (Lipinski definition) is 3. The molecule has 4 nitrogen and oxygen atoms in total. The Hall–Kier alpha value is -1.81. The molecule has 2 atom stereocenters. The van der Waals surface area contributed by atoms with Crippen LogP contribution in [0.25, 0.3) is 0 Å². The van der Waals surface area contributed by atoms with Crippen LogP contribution in [0.4, 0.5) is 4.79 Å². The molecule has 2 N–H and O–H groups in total. The van der Waals surface area contributed by atoms with E-state index in [1.54, 1.807) is 6.08 Å². The van der Waals surface area contributed by atoms with E-state index < -0.39 is 12.2 Å². The van der Waals surface area contributed by atoms with Crippen molar-refractivity contribution in [2.75, 3.05) is 0 Å². The average Bonchev–Trinajstić information content (AvgIpc) is 2.45. The van der Waals surface area contributed by atoms with Gasteiger partial charge in [-0.05, 0) is 24.3 Å². The number of rotatable bonds is 8. The fourth-order valence-electron chi connectivity index (χ4n) is 2.07. The molecular weight excluding hydrogens is 266 g/mol. The zero-order valence-electron chi connectivity index (χ0n) is 12.8. The third kappa shape index (κ3) is 6.95. The van der Waals surface area contributed by atoms with Crippen molar-refractivity contribution in [1.82, 2.24) is 5.32 Å². The molecule has 0 fully saturated rings. The molecule has 0 unspecified atom stereocenters. The summed E-state index contributed by atoms with van der Waals surface area (Å²) < 4.78 is 5.18. The third-order valence-electron chi connectivity index (χ3n) is 3.11. The number of benzene rings is 1. The van der Waals surface area contributed by atoms with E-state index in [1.165, 1.54) is 0 Å². The molecule has 116 valence electrons. The van der Waals surface area contributed by atoms with Crippen LogP contribution in [0.5, 0.6) is 0 Å². The summed E-state index contributed by atoms with van der Waals surface area (Å²) in [5.41, 5.74) is 0.930. The maximum atomic E-state index is 11.8. The molecule has 0 heterocycles. The second kappa shape index (κ2) is 9.19. The smallest absolute Gasteiger partial charge is 0.407 e. The van der Waals surface area contributed by atoms with Crippen LogP contribution in [0, 0.1) is 5.92 Å². The van der Waals surface area contributed by atoms with Crippen molar-refractivity contribution in [3.8, 4) is 0 Å². The van der Waals surface area contributed by atoms with Crippen LogP contribution < -0.4 is 5.32 Å². The third-order valence-corrected chi connectivity index (χ3v) is 3.11. The van der Waals surface area contributed by atoms with E-state index in [0.717, 1.165) is 5.56 Å². The van der Waals surface area contributed by atoms with Crippen molar-refractivity contribution in [3.05, 3.63) is 48.6 Å². The van der Waals surface area contributed by atoms with E-state index in [2.05, 4.69) is 11.9 Å². The Kier molecular flexibility index (Phi) is 7.54. The minimum Gasteiger partial charge on any atom is -0.445 e. The van der Waals surface area contributed by atoms with E-state index in [9.17, 15) is 9.90 Å². The number of ether oxygens (including phenoxy) is 1. The predicted molar refractivity (Wildman–Crippen MR) is 83.8 cm³/mol. The normalized spacial score (nSPS) is 13.5. The summed E-state index contributed by atoms with van der Waals surface area (Å²) in [5, 5.41) is 12.8. The molecular formula is C17H25NO3. The lowest BCUT2D eigenvalue weighted by Crippen LogP contribution is -2.44.